The summed E-state index contributed by atoms with van der Waals surface area (Å²) >= 11 is 0. The highest BCUT2D eigenvalue weighted by Crippen LogP contribution is 2.07. The van der Waals surface area contributed by atoms with Crippen LogP contribution in [0, 0.1) is 11.7 Å². The summed E-state index contributed by atoms with van der Waals surface area (Å²) < 4.78 is 19.4. The van der Waals surface area contributed by atoms with Crippen LogP contribution >= 0.6 is 0 Å². The van der Waals surface area contributed by atoms with E-state index in [1.54, 1.807) is 13.2 Å². The third kappa shape index (κ3) is 2.91. The Labute approximate surface area is 98.6 Å². The molecule has 0 saturated carbocycles. The summed E-state index contributed by atoms with van der Waals surface area (Å²) in [7, 11) is 1.67. The van der Waals surface area contributed by atoms with Gasteiger partial charge in [0.2, 0.25) is 5.95 Å². The van der Waals surface area contributed by atoms with Crippen LogP contribution in [0.3, 0.4) is 0 Å². The van der Waals surface area contributed by atoms with E-state index in [-0.39, 0.29) is 5.82 Å². The summed E-state index contributed by atoms with van der Waals surface area (Å²) in [5, 5.41) is 7.21. The van der Waals surface area contributed by atoms with Crippen LogP contribution in [-0.4, -0.2) is 34.9 Å². The molecule has 0 amide bonds. The molecule has 2 aromatic rings. The third-order valence-electron chi connectivity index (χ3n) is 2.35. The monoisotopic (exact) mass is 238 g/mol. The van der Waals surface area contributed by atoms with Crippen LogP contribution in [0.25, 0.3) is 5.65 Å². The molecule has 6 heteroatoms. The minimum Gasteiger partial charge on any atom is -0.384 e. The van der Waals surface area contributed by atoms with E-state index in [1.807, 2.05) is 0 Å². The summed E-state index contributed by atoms with van der Waals surface area (Å²) in [5.41, 5.74) is 0.619. The fraction of sp³-hybridized carbons (Fsp3) is 0.455. The number of hydrogen-bond acceptors (Lipinski definition) is 4. The molecule has 2 aromatic heterocycles. The number of rotatable bonds is 5. The van der Waals surface area contributed by atoms with Gasteiger partial charge in [-0.15, -0.1) is 5.10 Å². The number of anilines is 1. The van der Waals surface area contributed by atoms with E-state index in [0.717, 1.165) is 0 Å². The lowest BCUT2D eigenvalue weighted by atomic mass is 10.2. The van der Waals surface area contributed by atoms with E-state index in [9.17, 15) is 4.39 Å². The fourth-order valence-corrected chi connectivity index (χ4v) is 1.54. The van der Waals surface area contributed by atoms with E-state index < -0.39 is 0 Å². The number of fused-ring (bicyclic) bond motifs is 1. The first-order chi connectivity index (χ1) is 8.19. The van der Waals surface area contributed by atoms with Crippen LogP contribution in [0.15, 0.2) is 18.3 Å². The normalized spacial score (nSPS) is 12.9. The largest absolute Gasteiger partial charge is 0.384 e. The van der Waals surface area contributed by atoms with Crippen molar-refractivity contribution in [2.75, 3.05) is 25.6 Å². The lowest BCUT2D eigenvalue weighted by Crippen LogP contribution is -2.16. The molecule has 0 aromatic carbocycles. The molecule has 2 rings (SSSR count). The molecule has 2 heterocycles. The zero-order valence-electron chi connectivity index (χ0n) is 9.85. The van der Waals surface area contributed by atoms with Crippen LogP contribution < -0.4 is 5.32 Å². The Bertz CT molecular complexity index is 499. The number of hydrogen-bond donors (Lipinski definition) is 1. The molecule has 0 spiro atoms. The van der Waals surface area contributed by atoms with Gasteiger partial charge in [0.1, 0.15) is 5.82 Å². The molecule has 92 valence electrons. The van der Waals surface area contributed by atoms with Crippen molar-refractivity contribution in [3.05, 3.63) is 24.1 Å². The van der Waals surface area contributed by atoms with Crippen molar-refractivity contribution in [2.45, 2.75) is 6.92 Å². The minimum atomic E-state index is -0.332. The molecule has 0 aliphatic rings. The summed E-state index contributed by atoms with van der Waals surface area (Å²) in [6.45, 7) is 3.45. The maximum Gasteiger partial charge on any atom is 0.243 e. The molecule has 0 aliphatic carbocycles. The zero-order chi connectivity index (χ0) is 12.3. The van der Waals surface area contributed by atoms with Gasteiger partial charge in [-0.25, -0.2) is 8.91 Å². The van der Waals surface area contributed by atoms with Crippen molar-refractivity contribution in [1.29, 1.82) is 0 Å². The van der Waals surface area contributed by atoms with Crippen molar-refractivity contribution < 1.29 is 9.13 Å². The molecule has 0 aliphatic heterocycles. The van der Waals surface area contributed by atoms with Gasteiger partial charge in [0.05, 0.1) is 12.8 Å². The van der Waals surface area contributed by atoms with Gasteiger partial charge in [-0.2, -0.15) is 4.98 Å². The number of methoxy groups -OCH3 is 1. The van der Waals surface area contributed by atoms with Crippen LogP contribution in [0.2, 0.25) is 0 Å². The quantitative estimate of drug-likeness (QED) is 0.859. The van der Waals surface area contributed by atoms with Gasteiger partial charge in [-0.05, 0) is 18.1 Å². The van der Waals surface area contributed by atoms with Crippen molar-refractivity contribution in [3.8, 4) is 0 Å². The van der Waals surface area contributed by atoms with Crippen LogP contribution in [-0.2, 0) is 4.74 Å². The van der Waals surface area contributed by atoms with Crippen molar-refractivity contribution in [1.82, 2.24) is 14.6 Å². The second kappa shape index (κ2) is 5.09. The number of ether oxygens (including phenoxy) is 1. The SMILES string of the molecule is COCC(C)CNc1nc2ccc(F)cn2n1. The molecule has 5 nitrogen and oxygen atoms in total. The molecular weight excluding hydrogens is 223 g/mol. The highest BCUT2D eigenvalue weighted by Gasteiger charge is 2.06. The van der Waals surface area contributed by atoms with E-state index in [2.05, 4.69) is 22.3 Å². The summed E-state index contributed by atoms with van der Waals surface area (Å²) in [5.74, 6) is 0.531. The summed E-state index contributed by atoms with van der Waals surface area (Å²) in [6, 6.07) is 2.95. The Kier molecular flexibility index (Phi) is 3.53. The standard InChI is InChI=1S/C11H15FN4O/c1-8(7-17-2)5-13-11-14-10-4-3-9(12)6-16(10)15-11/h3-4,6,8H,5,7H2,1-2H3,(H,13,15). The maximum absolute atomic E-state index is 12.9. The Balaban J connectivity index is 2.04. The smallest absolute Gasteiger partial charge is 0.243 e. The summed E-state index contributed by atoms with van der Waals surface area (Å²) in [4.78, 5) is 4.22. The first kappa shape index (κ1) is 11.8. The number of pyridine rings is 1. The van der Waals surface area contributed by atoms with E-state index >= 15 is 0 Å². The van der Waals surface area contributed by atoms with E-state index in [4.69, 9.17) is 4.74 Å². The van der Waals surface area contributed by atoms with Gasteiger partial charge < -0.3 is 10.1 Å². The highest BCUT2D eigenvalue weighted by molar-refractivity contribution is 5.42. The third-order valence-corrected chi connectivity index (χ3v) is 2.35. The second-order valence-corrected chi connectivity index (χ2v) is 4.03. The molecule has 0 saturated heterocycles. The average molecular weight is 238 g/mol. The Morgan fingerprint density at radius 1 is 1.53 bits per heavy atom. The summed E-state index contributed by atoms with van der Waals surface area (Å²) in [6.07, 6.45) is 1.30. The van der Waals surface area contributed by atoms with Crippen molar-refractivity contribution in [3.63, 3.8) is 0 Å². The topological polar surface area (TPSA) is 51.5 Å². The van der Waals surface area contributed by atoms with Crippen LogP contribution in [0.4, 0.5) is 10.3 Å². The van der Waals surface area contributed by atoms with Crippen LogP contribution in [0.5, 0.6) is 0 Å². The van der Waals surface area contributed by atoms with Gasteiger partial charge in [-0.1, -0.05) is 6.92 Å². The predicted octanol–water partition coefficient (Wildman–Crippen LogP) is 1.56. The zero-order valence-corrected chi connectivity index (χ0v) is 9.85. The molecular formula is C11H15FN4O. The second-order valence-electron chi connectivity index (χ2n) is 4.03. The number of nitrogens with zero attached hydrogens (tertiary/aromatic N) is 3. The first-order valence-corrected chi connectivity index (χ1v) is 5.44. The van der Waals surface area contributed by atoms with Gasteiger partial charge >= 0.3 is 0 Å². The first-order valence-electron chi connectivity index (χ1n) is 5.44. The number of halogens is 1. The van der Waals surface area contributed by atoms with E-state index in [0.29, 0.717) is 30.7 Å². The maximum atomic E-state index is 12.9. The lowest BCUT2D eigenvalue weighted by molar-refractivity contribution is 0.164. The molecule has 0 radical (unpaired) electrons. The Morgan fingerprint density at radius 2 is 2.35 bits per heavy atom. The fourth-order valence-electron chi connectivity index (χ4n) is 1.54. The van der Waals surface area contributed by atoms with Gasteiger partial charge in [0, 0.05) is 13.7 Å². The Morgan fingerprint density at radius 3 is 3.12 bits per heavy atom. The predicted molar refractivity (Wildman–Crippen MR) is 62.5 cm³/mol. The highest BCUT2D eigenvalue weighted by atomic mass is 19.1. The van der Waals surface area contributed by atoms with Crippen molar-refractivity contribution >= 4 is 11.6 Å². The molecule has 1 unspecified atom stereocenters. The van der Waals surface area contributed by atoms with Crippen LogP contribution in [0.1, 0.15) is 6.92 Å². The molecule has 0 fully saturated rings. The average Bonchev–Trinajstić information content (AvgIpc) is 2.68. The molecule has 17 heavy (non-hydrogen) atoms. The number of aromatic nitrogens is 3. The van der Waals surface area contributed by atoms with Gasteiger partial charge in [0.25, 0.3) is 0 Å². The Hall–Kier alpha value is -1.69. The van der Waals surface area contributed by atoms with E-state index in [1.165, 1.54) is 16.8 Å². The molecule has 1 N–H and O–H groups in total. The van der Waals surface area contributed by atoms with Gasteiger partial charge in [-0.3, -0.25) is 0 Å². The lowest BCUT2D eigenvalue weighted by Gasteiger charge is -2.09. The number of nitrogens with one attached hydrogen (secondary N) is 1. The molecule has 1 atom stereocenters. The minimum absolute atomic E-state index is 0.332. The van der Waals surface area contributed by atoms with Gasteiger partial charge in [0.15, 0.2) is 5.65 Å². The molecule has 0 bridgehead atoms. The van der Waals surface area contributed by atoms with Crippen molar-refractivity contribution in [2.24, 2.45) is 5.92 Å².